The second-order valence-corrected chi connectivity index (χ2v) is 9.56. The van der Waals surface area contributed by atoms with Crippen LogP contribution in [0.2, 0.25) is 0 Å². The first-order valence-corrected chi connectivity index (χ1v) is 12.0. The Hall–Kier alpha value is -2.19. The van der Waals surface area contributed by atoms with E-state index >= 15 is 0 Å². The van der Waals surface area contributed by atoms with Gasteiger partial charge >= 0.3 is 190 Å². The number of hydrogen-bond acceptors (Lipinski definition) is 1. The van der Waals surface area contributed by atoms with Crippen molar-refractivity contribution in [1.29, 1.82) is 0 Å². The molecule has 0 saturated carbocycles. The van der Waals surface area contributed by atoms with Crippen LogP contribution < -0.4 is 3.87 Å². The first-order chi connectivity index (χ1) is 14.6. The maximum absolute atomic E-state index is 6.71. The average Bonchev–Trinajstić information content (AvgIpc) is 2.98. The molecule has 0 bridgehead atoms. The Morgan fingerprint density at radius 3 is 1.77 bits per heavy atom. The van der Waals surface area contributed by atoms with Crippen LogP contribution in [0.25, 0.3) is 5.57 Å². The van der Waals surface area contributed by atoms with E-state index in [1.165, 1.54) is 42.9 Å². The van der Waals surface area contributed by atoms with Gasteiger partial charge in [0, 0.05) is 0 Å². The first-order valence-electron chi connectivity index (χ1n) is 10.6. The van der Waals surface area contributed by atoms with Crippen LogP contribution in [0.4, 0.5) is 0 Å². The number of hydrogen-bond donors (Lipinski definition) is 0. The molecule has 0 fully saturated rings. The van der Waals surface area contributed by atoms with Gasteiger partial charge in [0.25, 0.3) is 0 Å². The van der Waals surface area contributed by atoms with E-state index in [-0.39, 0.29) is 6.10 Å². The summed E-state index contributed by atoms with van der Waals surface area (Å²) in [5, 5.41) is 0. The second kappa shape index (κ2) is 9.31. The third-order valence-corrected chi connectivity index (χ3v) is 7.93. The van der Waals surface area contributed by atoms with Crippen molar-refractivity contribution in [2.75, 3.05) is 0 Å². The second-order valence-electron chi connectivity index (χ2n) is 8.04. The predicted octanol–water partition coefficient (Wildman–Crippen LogP) is 6.88. The molecule has 0 radical (unpaired) electrons. The Bertz CT molecular complexity index is 1040. The fourth-order valence-electron chi connectivity index (χ4n) is 4.31. The molecule has 1 aliphatic carbocycles. The average molecular weight is 428 g/mol. The quantitative estimate of drug-likeness (QED) is 0.389. The fourth-order valence-corrected chi connectivity index (χ4v) is 5.89. The molecule has 3 aromatic carbocycles. The molecule has 3 aromatic rings. The maximum atomic E-state index is 6.71. The van der Waals surface area contributed by atoms with Gasteiger partial charge in [-0.15, -0.1) is 0 Å². The third-order valence-electron chi connectivity index (χ3n) is 6.35. The van der Waals surface area contributed by atoms with Crippen molar-refractivity contribution in [1.82, 2.24) is 0 Å². The normalized spacial score (nSPS) is 16.5. The summed E-state index contributed by atoms with van der Waals surface area (Å²) in [6.45, 7) is 9.13. The van der Waals surface area contributed by atoms with E-state index < -0.39 is 19.5 Å². The molecular weight excluding hydrogens is 400 g/mol. The van der Waals surface area contributed by atoms with E-state index in [4.69, 9.17) is 3.32 Å². The molecule has 1 aliphatic rings. The molecule has 0 aliphatic heterocycles. The van der Waals surface area contributed by atoms with Crippen molar-refractivity contribution < 1.29 is 22.9 Å². The molecule has 0 aromatic heterocycles. The Morgan fingerprint density at radius 1 is 0.700 bits per heavy atom. The summed E-state index contributed by atoms with van der Waals surface area (Å²) >= 11 is -0.789. The van der Waals surface area contributed by atoms with Crippen LogP contribution in [0.15, 0.2) is 102 Å². The van der Waals surface area contributed by atoms with E-state index in [0.29, 0.717) is 5.92 Å². The molecule has 0 amide bonds. The Balaban J connectivity index is 1.65. The minimum absolute atomic E-state index is 0.0295. The van der Waals surface area contributed by atoms with E-state index in [0.717, 1.165) is 0 Å². The molecule has 1 atom stereocenters. The third kappa shape index (κ3) is 4.16. The monoisotopic (exact) mass is 428 g/mol. The van der Waals surface area contributed by atoms with Gasteiger partial charge in [-0.25, -0.2) is 0 Å². The molecule has 0 N–H and O–H groups in total. The number of benzene rings is 3. The summed E-state index contributed by atoms with van der Waals surface area (Å²) in [6.07, 6.45) is -0.0295. The summed E-state index contributed by atoms with van der Waals surface area (Å²) in [5.74, 6) is 0.469. The van der Waals surface area contributed by atoms with Gasteiger partial charge in [-0.1, -0.05) is 0 Å². The van der Waals surface area contributed by atoms with Gasteiger partial charge in [0.2, 0.25) is 0 Å². The van der Waals surface area contributed by atoms with Gasteiger partial charge < -0.3 is 0 Å². The molecule has 4 rings (SSSR count). The van der Waals surface area contributed by atoms with Crippen molar-refractivity contribution >= 4 is 9.44 Å². The summed E-state index contributed by atoms with van der Waals surface area (Å²) in [4.78, 5) is 0. The van der Waals surface area contributed by atoms with Crippen LogP contribution in [0.5, 0.6) is 0 Å². The van der Waals surface area contributed by atoms with E-state index in [2.05, 4.69) is 113 Å². The Labute approximate surface area is 189 Å². The molecule has 0 spiro atoms. The van der Waals surface area contributed by atoms with Crippen molar-refractivity contribution in [3.8, 4) is 0 Å². The first kappa shape index (κ1) is 21.1. The Morgan fingerprint density at radius 2 is 1.23 bits per heavy atom. The zero-order valence-electron chi connectivity index (χ0n) is 18.1. The van der Waals surface area contributed by atoms with Crippen LogP contribution in [-0.2, 0) is 22.9 Å². The van der Waals surface area contributed by atoms with Gasteiger partial charge in [0.1, 0.15) is 0 Å². The molecule has 2 heteroatoms. The van der Waals surface area contributed by atoms with Crippen molar-refractivity contribution in [2.45, 2.75) is 33.8 Å². The summed E-state index contributed by atoms with van der Waals surface area (Å²) in [5.41, 5.74) is 9.64. The van der Waals surface area contributed by atoms with Gasteiger partial charge in [0.05, 0.1) is 0 Å². The van der Waals surface area contributed by atoms with Crippen LogP contribution in [0.3, 0.4) is 0 Å². The molecule has 30 heavy (non-hydrogen) atoms. The van der Waals surface area contributed by atoms with Crippen LogP contribution in [0.1, 0.15) is 50.5 Å². The van der Waals surface area contributed by atoms with Gasteiger partial charge in [0.15, 0.2) is 0 Å². The van der Waals surface area contributed by atoms with Gasteiger partial charge in [-0.2, -0.15) is 0 Å². The molecule has 1 nitrogen and oxygen atoms in total. The molecule has 0 heterocycles. The molecule has 0 saturated heterocycles. The van der Waals surface area contributed by atoms with Crippen LogP contribution in [0, 0.1) is 5.92 Å². The van der Waals surface area contributed by atoms with Crippen molar-refractivity contribution in [2.24, 2.45) is 5.92 Å². The fraction of sp³-hybridized carbons (Fsp3) is 0.214. The summed E-state index contributed by atoms with van der Waals surface area (Å²) in [6, 6.07) is 30.0. The summed E-state index contributed by atoms with van der Waals surface area (Å²) < 4.78 is 8.09. The van der Waals surface area contributed by atoms with E-state index in [1.54, 1.807) is 0 Å². The molecule has 1 unspecified atom stereocenters. The number of rotatable bonds is 6. The summed E-state index contributed by atoms with van der Waals surface area (Å²) in [7, 11) is 0. The van der Waals surface area contributed by atoms with Gasteiger partial charge in [-0.3, -0.25) is 0 Å². The van der Waals surface area contributed by atoms with Crippen molar-refractivity contribution in [3.05, 3.63) is 118 Å². The van der Waals surface area contributed by atoms with Crippen LogP contribution >= 0.6 is 0 Å². The van der Waals surface area contributed by atoms with Crippen molar-refractivity contribution in [3.63, 3.8) is 0 Å². The standard InChI is InChI=1S/C15H17.C13H11O.Ti/c1-10-11(2)13(4)15(12(10)3)14-8-6-5-7-9-14;14-13(11-7-3-1-4-8-11)12-9-5-2-6-10-12;/h5-8,12H,1-4H3;1-10,13H;/q;-1;+1. The predicted molar refractivity (Wildman–Crippen MR) is 122 cm³/mol. The van der Waals surface area contributed by atoms with E-state index in [1.807, 2.05) is 0 Å². The molecular formula is C28H28OTi. The minimum atomic E-state index is -0.789. The SMILES string of the molecule is CC1=C(C)C(C)C(c2cccc[c]2[Ti][O]C(c2ccccc2)c2ccccc2)=C1C. The topological polar surface area (TPSA) is 9.23 Å². The Kier molecular flexibility index (Phi) is 6.53. The zero-order chi connectivity index (χ0) is 21.1. The molecule has 150 valence electrons. The van der Waals surface area contributed by atoms with Crippen LogP contribution in [-0.4, -0.2) is 0 Å². The zero-order valence-corrected chi connectivity index (χ0v) is 19.7. The number of allylic oxidation sites excluding steroid dienone is 4. The van der Waals surface area contributed by atoms with E-state index in [9.17, 15) is 0 Å². The van der Waals surface area contributed by atoms with Gasteiger partial charge in [-0.05, 0) is 0 Å².